The van der Waals surface area contributed by atoms with E-state index in [0.29, 0.717) is 6.54 Å². The van der Waals surface area contributed by atoms with Gasteiger partial charge in [0.2, 0.25) is 0 Å². The van der Waals surface area contributed by atoms with E-state index in [1.54, 1.807) is 0 Å². The quantitative estimate of drug-likeness (QED) is 0.419. The van der Waals surface area contributed by atoms with E-state index < -0.39 is 0 Å². The average molecular weight is 412 g/mol. The third-order valence-corrected chi connectivity index (χ3v) is 6.05. The van der Waals surface area contributed by atoms with Crippen molar-refractivity contribution in [1.29, 1.82) is 0 Å². The number of benzene rings is 2. The molecule has 0 saturated carbocycles. The highest BCUT2D eigenvalue weighted by Crippen LogP contribution is 2.34. The van der Waals surface area contributed by atoms with E-state index >= 15 is 0 Å². The van der Waals surface area contributed by atoms with Crippen molar-refractivity contribution in [2.24, 2.45) is 5.18 Å². The zero-order valence-electron chi connectivity index (χ0n) is 17.4. The van der Waals surface area contributed by atoms with E-state index in [2.05, 4.69) is 39.3 Å². The highest BCUT2D eigenvalue weighted by Gasteiger charge is 2.28. The molecule has 6 nitrogen and oxygen atoms in total. The van der Waals surface area contributed by atoms with E-state index in [1.807, 2.05) is 42.6 Å². The molecule has 2 aromatic carbocycles. The summed E-state index contributed by atoms with van der Waals surface area (Å²) in [5.41, 5.74) is 6.73. The van der Waals surface area contributed by atoms with Crippen molar-refractivity contribution in [2.75, 3.05) is 0 Å². The van der Waals surface area contributed by atoms with Gasteiger partial charge in [0, 0.05) is 12.7 Å². The second-order valence-corrected chi connectivity index (χ2v) is 8.17. The van der Waals surface area contributed by atoms with Crippen LogP contribution in [-0.4, -0.2) is 19.9 Å². The van der Waals surface area contributed by atoms with Gasteiger partial charge < -0.3 is 4.98 Å². The molecule has 0 radical (unpaired) electrons. The number of hydrogen-bond donors (Lipinski definition) is 1. The minimum atomic E-state index is 0.211. The first-order valence-electron chi connectivity index (χ1n) is 10.8. The molecule has 2 aromatic heterocycles. The predicted molar refractivity (Wildman–Crippen MR) is 121 cm³/mol. The molecule has 2 heterocycles. The Hall–Kier alpha value is -3.38. The Morgan fingerprint density at radius 1 is 1.00 bits per heavy atom. The van der Waals surface area contributed by atoms with Gasteiger partial charge in [-0.3, -0.25) is 9.88 Å². The fourth-order valence-electron chi connectivity index (χ4n) is 4.55. The lowest BCUT2D eigenvalue weighted by atomic mass is 9.90. The van der Waals surface area contributed by atoms with E-state index in [9.17, 15) is 4.91 Å². The van der Waals surface area contributed by atoms with E-state index in [1.165, 1.54) is 16.8 Å². The van der Waals surface area contributed by atoms with Crippen molar-refractivity contribution < 1.29 is 0 Å². The first-order valence-corrected chi connectivity index (χ1v) is 10.8. The predicted octanol–water partition coefficient (Wildman–Crippen LogP) is 5.30. The molecule has 0 fully saturated rings. The molecule has 156 valence electrons. The van der Waals surface area contributed by atoms with Gasteiger partial charge in [-0.05, 0) is 54.2 Å². The summed E-state index contributed by atoms with van der Waals surface area (Å²) >= 11 is 0. The van der Waals surface area contributed by atoms with Crippen molar-refractivity contribution in [3.8, 4) is 0 Å². The number of rotatable bonds is 7. The number of pyridine rings is 1. The normalized spacial score (nSPS) is 15.8. The Kier molecular flexibility index (Phi) is 5.54. The molecule has 31 heavy (non-hydrogen) atoms. The number of fused-ring (bicyclic) bond motifs is 2. The molecule has 1 aliphatic rings. The van der Waals surface area contributed by atoms with Crippen molar-refractivity contribution in [3.05, 3.63) is 100.0 Å². The molecule has 0 saturated heterocycles. The monoisotopic (exact) mass is 411 g/mol. The number of nitrogens with zero attached hydrogens (tertiary/aromatic N) is 4. The van der Waals surface area contributed by atoms with Gasteiger partial charge in [0.1, 0.15) is 12.4 Å². The maximum absolute atomic E-state index is 10.6. The maximum Gasteiger partial charge on any atom is 0.121 e. The SMILES string of the molecule is O=NCc1ccc(CN(Cc2nc3ccccc3[nH]2)C2CCCc3cccnc32)cc1. The standard InChI is InChI=1S/C25H25N5O/c31-27-15-18-10-12-19(13-11-18)16-30(17-24-28-21-7-1-2-8-22(21)29-24)23-9-3-5-20-6-4-14-26-25(20)23/h1-2,4,6-8,10-14,23H,3,5,9,15-17H2,(H,28,29). The largest absolute Gasteiger partial charge is 0.341 e. The molecule has 0 spiro atoms. The van der Waals surface area contributed by atoms with Crippen LogP contribution < -0.4 is 0 Å². The summed E-state index contributed by atoms with van der Waals surface area (Å²) in [7, 11) is 0. The topological polar surface area (TPSA) is 74.2 Å². The zero-order valence-corrected chi connectivity index (χ0v) is 17.4. The zero-order chi connectivity index (χ0) is 21.0. The molecule has 1 atom stereocenters. The van der Waals surface area contributed by atoms with Gasteiger partial charge in [-0.2, -0.15) is 4.91 Å². The molecule has 1 unspecified atom stereocenters. The van der Waals surface area contributed by atoms with Gasteiger partial charge in [0.05, 0.1) is 29.3 Å². The van der Waals surface area contributed by atoms with Crippen molar-refractivity contribution in [2.45, 2.75) is 44.9 Å². The summed E-state index contributed by atoms with van der Waals surface area (Å²) < 4.78 is 0. The molecule has 5 rings (SSSR count). The lowest BCUT2D eigenvalue weighted by Crippen LogP contribution is -2.31. The fourth-order valence-corrected chi connectivity index (χ4v) is 4.55. The number of aromatic amines is 1. The molecule has 4 aromatic rings. The summed E-state index contributed by atoms with van der Waals surface area (Å²) in [5, 5.41) is 2.99. The molecule has 0 amide bonds. The number of imidazole rings is 1. The van der Waals surface area contributed by atoms with Crippen LogP contribution in [0, 0.1) is 4.91 Å². The van der Waals surface area contributed by atoms with E-state index in [0.717, 1.165) is 48.2 Å². The molecule has 6 heteroatoms. The second-order valence-electron chi connectivity index (χ2n) is 8.17. The summed E-state index contributed by atoms with van der Waals surface area (Å²) in [6, 6.07) is 20.8. The third kappa shape index (κ3) is 4.25. The Morgan fingerprint density at radius 3 is 2.68 bits per heavy atom. The Morgan fingerprint density at radius 2 is 1.84 bits per heavy atom. The summed E-state index contributed by atoms with van der Waals surface area (Å²) in [5.74, 6) is 0.964. The van der Waals surface area contributed by atoms with Crippen LogP contribution in [0.15, 0.2) is 72.0 Å². The first kappa shape index (κ1) is 19.6. The van der Waals surface area contributed by atoms with Crippen LogP contribution in [0.5, 0.6) is 0 Å². The Balaban J connectivity index is 1.46. The summed E-state index contributed by atoms with van der Waals surface area (Å²) in [6.45, 7) is 1.71. The number of aryl methyl sites for hydroxylation is 1. The molecule has 1 aliphatic carbocycles. The number of para-hydroxylation sites is 2. The second kappa shape index (κ2) is 8.78. The summed E-state index contributed by atoms with van der Waals surface area (Å²) in [4.78, 5) is 26.1. The Labute approximate surface area is 181 Å². The van der Waals surface area contributed by atoms with E-state index in [-0.39, 0.29) is 12.6 Å². The molecule has 0 bridgehead atoms. The van der Waals surface area contributed by atoms with Gasteiger partial charge >= 0.3 is 0 Å². The van der Waals surface area contributed by atoms with Gasteiger partial charge in [0.25, 0.3) is 0 Å². The molecule has 0 aliphatic heterocycles. The third-order valence-electron chi connectivity index (χ3n) is 6.05. The summed E-state index contributed by atoms with van der Waals surface area (Å²) in [6.07, 6.45) is 5.23. The average Bonchev–Trinajstić information content (AvgIpc) is 3.22. The van der Waals surface area contributed by atoms with Crippen LogP contribution in [0.4, 0.5) is 0 Å². The molecular weight excluding hydrogens is 386 g/mol. The highest BCUT2D eigenvalue weighted by molar-refractivity contribution is 5.74. The highest BCUT2D eigenvalue weighted by atomic mass is 16.3. The van der Waals surface area contributed by atoms with Crippen LogP contribution in [0.2, 0.25) is 0 Å². The Bertz CT molecular complexity index is 1150. The van der Waals surface area contributed by atoms with Crippen molar-refractivity contribution in [3.63, 3.8) is 0 Å². The van der Waals surface area contributed by atoms with Crippen LogP contribution >= 0.6 is 0 Å². The van der Waals surface area contributed by atoms with Gasteiger partial charge in [-0.1, -0.05) is 47.6 Å². The first-order chi connectivity index (χ1) is 15.3. The van der Waals surface area contributed by atoms with Crippen LogP contribution in [0.25, 0.3) is 11.0 Å². The number of H-pyrrole nitrogens is 1. The van der Waals surface area contributed by atoms with Crippen LogP contribution in [0.1, 0.15) is 47.1 Å². The number of nitrogens with one attached hydrogen (secondary N) is 1. The molecule has 1 N–H and O–H groups in total. The van der Waals surface area contributed by atoms with Gasteiger partial charge in [-0.25, -0.2) is 4.98 Å². The molecular formula is C25H25N5O. The van der Waals surface area contributed by atoms with Gasteiger partial charge in [0.15, 0.2) is 0 Å². The number of nitroso groups, excluding NO2 is 1. The van der Waals surface area contributed by atoms with Crippen molar-refractivity contribution >= 4 is 11.0 Å². The van der Waals surface area contributed by atoms with E-state index in [4.69, 9.17) is 9.97 Å². The maximum atomic E-state index is 10.6. The minimum absolute atomic E-state index is 0.211. The van der Waals surface area contributed by atoms with Gasteiger partial charge in [-0.15, -0.1) is 0 Å². The van der Waals surface area contributed by atoms with Crippen molar-refractivity contribution in [1.82, 2.24) is 19.9 Å². The van der Waals surface area contributed by atoms with Crippen LogP contribution in [-0.2, 0) is 26.1 Å². The number of hydrogen-bond acceptors (Lipinski definition) is 5. The lowest BCUT2D eigenvalue weighted by Gasteiger charge is -2.34. The lowest BCUT2D eigenvalue weighted by molar-refractivity contribution is 0.153. The van der Waals surface area contributed by atoms with Crippen LogP contribution in [0.3, 0.4) is 0 Å². The minimum Gasteiger partial charge on any atom is -0.341 e. The smallest absolute Gasteiger partial charge is 0.121 e. The number of aromatic nitrogens is 3. The fraction of sp³-hybridized carbons (Fsp3) is 0.280.